The summed E-state index contributed by atoms with van der Waals surface area (Å²) in [5.41, 5.74) is 0. The third-order valence-corrected chi connectivity index (χ3v) is 3.44. The van der Waals surface area contributed by atoms with E-state index < -0.39 is 0 Å². The predicted octanol–water partition coefficient (Wildman–Crippen LogP) is 2.66. The largest absolute Gasteiger partial charge is 0.317 e. The summed E-state index contributed by atoms with van der Waals surface area (Å²) in [4.78, 5) is 0. The van der Waals surface area contributed by atoms with Crippen LogP contribution in [0.25, 0.3) is 0 Å². The van der Waals surface area contributed by atoms with Crippen LogP contribution in [0.1, 0.15) is 38.5 Å². The molecule has 0 aromatic rings. The summed E-state index contributed by atoms with van der Waals surface area (Å²) in [6.45, 7) is 2.50. The lowest BCUT2D eigenvalue weighted by atomic mass is 10.2. The molecule has 0 amide bonds. The maximum atomic E-state index is 3.28. The van der Waals surface area contributed by atoms with Crippen molar-refractivity contribution in [1.82, 2.24) is 5.32 Å². The predicted molar refractivity (Wildman–Crippen MR) is 57.9 cm³/mol. The summed E-state index contributed by atoms with van der Waals surface area (Å²) in [7, 11) is 0. The lowest BCUT2D eigenvalue weighted by Gasteiger charge is -2.08. The van der Waals surface area contributed by atoms with E-state index >= 15 is 0 Å². The van der Waals surface area contributed by atoms with Crippen molar-refractivity contribution < 1.29 is 0 Å². The van der Waals surface area contributed by atoms with E-state index in [1.807, 2.05) is 0 Å². The van der Waals surface area contributed by atoms with Gasteiger partial charge >= 0.3 is 0 Å². The van der Waals surface area contributed by atoms with E-state index in [0.717, 1.165) is 0 Å². The molecule has 2 fully saturated rings. The molecule has 0 aromatic carbocycles. The molecule has 0 saturated carbocycles. The van der Waals surface area contributed by atoms with Crippen molar-refractivity contribution in [2.75, 3.05) is 24.6 Å². The van der Waals surface area contributed by atoms with Crippen LogP contribution < -0.4 is 5.32 Å². The SMILES string of the molecule is C1CCNCC1.C1CCSCC1. The molecule has 0 aliphatic carbocycles. The smallest absolute Gasteiger partial charge is 0.00489 e. The Morgan fingerprint density at radius 3 is 1.42 bits per heavy atom. The number of piperidine rings is 1. The molecule has 72 valence electrons. The molecule has 0 atom stereocenters. The third kappa shape index (κ3) is 5.90. The Labute approximate surface area is 80.7 Å². The van der Waals surface area contributed by atoms with Crippen molar-refractivity contribution in [3.8, 4) is 0 Å². The van der Waals surface area contributed by atoms with E-state index in [0.29, 0.717) is 0 Å². The third-order valence-electron chi connectivity index (χ3n) is 2.28. The molecule has 0 spiro atoms. The Hall–Kier alpha value is 0.310. The van der Waals surface area contributed by atoms with E-state index in [4.69, 9.17) is 0 Å². The molecule has 2 aliphatic heterocycles. The van der Waals surface area contributed by atoms with Gasteiger partial charge < -0.3 is 5.32 Å². The van der Waals surface area contributed by atoms with Gasteiger partial charge in [0.15, 0.2) is 0 Å². The highest BCUT2D eigenvalue weighted by atomic mass is 32.2. The van der Waals surface area contributed by atoms with Crippen LogP contribution >= 0.6 is 11.8 Å². The fraction of sp³-hybridized carbons (Fsp3) is 1.00. The van der Waals surface area contributed by atoms with Crippen molar-refractivity contribution >= 4 is 11.8 Å². The fourth-order valence-corrected chi connectivity index (χ4v) is 2.51. The van der Waals surface area contributed by atoms with E-state index in [-0.39, 0.29) is 0 Å². The highest BCUT2D eigenvalue weighted by molar-refractivity contribution is 7.99. The molecule has 2 heterocycles. The van der Waals surface area contributed by atoms with E-state index in [1.165, 1.54) is 63.1 Å². The number of thioether (sulfide) groups is 1. The molecule has 2 aliphatic rings. The maximum Gasteiger partial charge on any atom is -0.00489 e. The number of hydrogen-bond donors (Lipinski definition) is 1. The van der Waals surface area contributed by atoms with Gasteiger partial charge in [0.2, 0.25) is 0 Å². The van der Waals surface area contributed by atoms with Crippen molar-refractivity contribution in [3.05, 3.63) is 0 Å². The normalized spacial score (nSPS) is 24.0. The first-order valence-corrected chi connectivity index (χ1v) is 6.44. The standard InChI is InChI=1S/C5H11N.C5H10S/c2*1-2-4-6-5-3-1/h6H,1-5H2;1-5H2. The fourth-order valence-electron chi connectivity index (χ4n) is 1.49. The van der Waals surface area contributed by atoms with Crippen LogP contribution in [0.3, 0.4) is 0 Å². The first kappa shape index (κ1) is 10.4. The summed E-state index contributed by atoms with van der Waals surface area (Å²) in [6, 6.07) is 0. The molecule has 2 saturated heterocycles. The first-order chi connectivity index (χ1) is 6.00. The average Bonchev–Trinajstić information content (AvgIpc) is 2.24. The van der Waals surface area contributed by atoms with Crippen molar-refractivity contribution in [2.45, 2.75) is 38.5 Å². The number of nitrogens with one attached hydrogen (secondary N) is 1. The summed E-state index contributed by atoms with van der Waals surface area (Å²) in [5.74, 6) is 2.83. The molecule has 12 heavy (non-hydrogen) atoms. The van der Waals surface area contributed by atoms with Gasteiger partial charge in [-0.15, -0.1) is 0 Å². The van der Waals surface area contributed by atoms with Gasteiger partial charge in [-0.1, -0.05) is 12.8 Å². The van der Waals surface area contributed by atoms with Gasteiger partial charge in [-0.2, -0.15) is 11.8 Å². The zero-order chi connectivity index (χ0) is 8.49. The summed E-state index contributed by atoms with van der Waals surface area (Å²) in [5, 5.41) is 3.28. The quantitative estimate of drug-likeness (QED) is 0.626. The van der Waals surface area contributed by atoms with Crippen LogP contribution in [-0.2, 0) is 0 Å². The Bertz CT molecular complexity index is 52.8. The minimum Gasteiger partial charge on any atom is -0.317 e. The lowest BCUT2D eigenvalue weighted by Crippen LogP contribution is -2.21. The van der Waals surface area contributed by atoms with Crippen molar-refractivity contribution in [2.24, 2.45) is 0 Å². The molecule has 2 heteroatoms. The minimum absolute atomic E-state index is 1.25. The molecule has 2 rings (SSSR count). The van der Waals surface area contributed by atoms with Gasteiger partial charge in [0.25, 0.3) is 0 Å². The van der Waals surface area contributed by atoms with Crippen LogP contribution in [0, 0.1) is 0 Å². The summed E-state index contributed by atoms with van der Waals surface area (Å²) in [6.07, 6.45) is 8.62. The van der Waals surface area contributed by atoms with Gasteiger partial charge in [0.1, 0.15) is 0 Å². The van der Waals surface area contributed by atoms with E-state index in [2.05, 4.69) is 17.1 Å². The molecular weight excluding hydrogens is 166 g/mol. The second-order valence-electron chi connectivity index (χ2n) is 3.48. The second kappa shape index (κ2) is 7.93. The summed E-state index contributed by atoms with van der Waals surface area (Å²) >= 11 is 2.09. The topological polar surface area (TPSA) is 12.0 Å². The molecule has 0 bridgehead atoms. The van der Waals surface area contributed by atoms with Gasteiger partial charge in [-0.25, -0.2) is 0 Å². The average molecular weight is 187 g/mol. The molecule has 0 aromatic heterocycles. The van der Waals surface area contributed by atoms with Crippen LogP contribution in [0.2, 0.25) is 0 Å². The van der Waals surface area contributed by atoms with Crippen molar-refractivity contribution in [1.29, 1.82) is 0 Å². The Kier molecular flexibility index (Phi) is 6.87. The maximum absolute atomic E-state index is 3.28. The van der Waals surface area contributed by atoms with Gasteiger partial charge in [0.05, 0.1) is 0 Å². The number of rotatable bonds is 0. The van der Waals surface area contributed by atoms with Crippen molar-refractivity contribution in [3.63, 3.8) is 0 Å². The second-order valence-corrected chi connectivity index (χ2v) is 4.71. The molecule has 1 N–H and O–H groups in total. The van der Waals surface area contributed by atoms with E-state index in [1.54, 1.807) is 0 Å². The zero-order valence-corrected chi connectivity index (χ0v) is 8.80. The van der Waals surface area contributed by atoms with E-state index in [9.17, 15) is 0 Å². The van der Waals surface area contributed by atoms with Gasteiger partial charge in [-0.05, 0) is 50.3 Å². The zero-order valence-electron chi connectivity index (χ0n) is 7.98. The lowest BCUT2D eigenvalue weighted by molar-refractivity contribution is 0.520. The minimum atomic E-state index is 1.25. The van der Waals surface area contributed by atoms with Crippen LogP contribution in [0.5, 0.6) is 0 Å². The first-order valence-electron chi connectivity index (χ1n) is 5.28. The van der Waals surface area contributed by atoms with Gasteiger partial charge in [0, 0.05) is 0 Å². The Morgan fingerprint density at radius 1 is 0.667 bits per heavy atom. The summed E-state index contributed by atoms with van der Waals surface area (Å²) < 4.78 is 0. The Balaban J connectivity index is 0.000000120. The van der Waals surface area contributed by atoms with Gasteiger partial charge in [-0.3, -0.25) is 0 Å². The monoisotopic (exact) mass is 187 g/mol. The van der Waals surface area contributed by atoms with Crippen LogP contribution in [0.4, 0.5) is 0 Å². The highest BCUT2D eigenvalue weighted by Crippen LogP contribution is 2.14. The highest BCUT2D eigenvalue weighted by Gasteiger charge is 1.95. The Morgan fingerprint density at radius 2 is 1.25 bits per heavy atom. The van der Waals surface area contributed by atoms with Crippen LogP contribution in [0.15, 0.2) is 0 Å². The number of hydrogen-bond acceptors (Lipinski definition) is 2. The molecule has 0 unspecified atom stereocenters. The molecule has 1 nitrogen and oxygen atoms in total. The van der Waals surface area contributed by atoms with Crippen LogP contribution in [-0.4, -0.2) is 24.6 Å². The molecular formula is C10H21NS. The molecule has 0 radical (unpaired) electrons.